The average molecular weight is 256 g/mol. The second kappa shape index (κ2) is 5.36. The van der Waals surface area contributed by atoms with E-state index in [0.29, 0.717) is 17.1 Å². The minimum Gasteiger partial charge on any atom is -0.330 e. The van der Waals surface area contributed by atoms with Crippen molar-refractivity contribution in [1.82, 2.24) is 0 Å². The van der Waals surface area contributed by atoms with Crippen LogP contribution in [0.5, 0.6) is 0 Å². The zero-order valence-electron chi connectivity index (χ0n) is 10.0. The average Bonchev–Trinajstić information content (AvgIpc) is 2.39. The fourth-order valence-corrected chi connectivity index (χ4v) is 3.23. The van der Waals surface area contributed by atoms with Crippen LogP contribution in [-0.4, -0.2) is 6.54 Å². The van der Waals surface area contributed by atoms with Crippen LogP contribution in [0.15, 0.2) is 18.2 Å². The van der Waals surface area contributed by atoms with E-state index in [1.165, 1.54) is 19.3 Å². The molecule has 0 bridgehead atoms. The molecule has 0 saturated heterocycles. The lowest BCUT2D eigenvalue weighted by atomic mass is 9.68. The van der Waals surface area contributed by atoms with Crippen molar-refractivity contribution in [2.24, 2.45) is 5.73 Å². The van der Waals surface area contributed by atoms with Crippen LogP contribution in [0.2, 0.25) is 5.02 Å². The first-order chi connectivity index (χ1) is 8.23. The van der Waals surface area contributed by atoms with Crippen LogP contribution in [0.1, 0.15) is 43.2 Å². The van der Waals surface area contributed by atoms with Crippen LogP contribution >= 0.6 is 11.6 Å². The molecule has 2 rings (SSSR count). The van der Waals surface area contributed by atoms with Crippen molar-refractivity contribution in [1.29, 1.82) is 0 Å². The van der Waals surface area contributed by atoms with E-state index in [9.17, 15) is 4.39 Å². The lowest BCUT2D eigenvalue weighted by Crippen LogP contribution is -2.38. The molecule has 0 spiro atoms. The molecule has 0 heterocycles. The van der Waals surface area contributed by atoms with Gasteiger partial charge >= 0.3 is 0 Å². The Kier molecular flexibility index (Phi) is 4.05. The molecule has 2 N–H and O–H groups in total. The summed E-state index contributed by atoms with van der Waals surface area (Å²) >= 11 is 6.09. The van der Waals surface area contributed by atoms with E-state index in [2.05, 4.69) is 0 Å². The third-order valence-electron chi connectivity index (χ3n) is 4.03. The lowest BCUT2D eigenvalue weighted by molar-refractivity contribution is 0.296. The second-order valence-corrected chi connectivity index (χ2v) is 5.35. The van der Waals surface area contributed by atoms with E-state index in [-0.39, 0.29) is 5.41 Å². The van der Waals surface area contributed by atoms with Crippen LogP contribution in [0, 0.1) is 0 Å². The summed E-state index contributed by atoms with van der Waals surface area (Å²) in [6.07, 6.45) is 5.71. The SMILES string of the molecule is NCC1(c2cccc(Cl)c2CF)CCCCC1. The molecule has 17 heavy (non-hydrogen) atoms. The van der Waals surface area contributed by atoms with E-state index in [1.807, 2.05) is 12.1 Å². The van der Waals surface area contributed by atoms with E-state index in [4.69, 9.17) is 17.3 Å². The van der Waals surface area contributed by atoms with Gasteiger partial charge in [0, 0.05) is 22.5 Å². The van der Waals surface area contributed by atoms with Gasteiger partial charge in [-0.15, -0.1) is 0 Å². The number of alkyl halides is 1. The first-order valence-corrected chi connectivity index (χ1v) is 6.65. The molecule has 0 amide bonds. The van der Waals surface area contributed by atoms with Gasteiger partial charge in [0.25, 0.3) is 0 Å². The largest absolute Gasteiger partial charge is 0.330 e. The van der Waals surface area contributed by atoms with Crippen LogP contribution in [0.4, 0.5) is 4.39 Å². The summed E-state index contributed by atoms with van der Waals surface area (Å²) < 4.78 is 13.2. The predicted octanol–water partition coefficient (Wildman–Crippen LogP) is 3.97. The number of benzene rings is 1. The molecular formula is C14H19ClFN. The number of halogens is 2. The van der Waals surface area contributed by atoms with Crippen molar-refractivity contribution in [3.05, 3.63) is 34.3 Å². The standard InChI is InChI=1S/C14H19ClFN/c15-13-6-4-5-12(11(13)9-16)14(10-17)7-2-1-3-8-14/h4-6H,1-3,7-10,17H2. The van der Waals surface area contributed by atoms with Crippen molar-refractivity contribution >= 4 is 11.6 Å². The van der Waals surface area contributed by atoms with Gasteiger partial charge in [0.1, 0.15) is 6.67 Å². The Morgan fingerprint density at radius 3 is 2.53 bits per heavy atom. The summed E-state index contributed by atoms with van der Waals surface area (Å²) in [6.45, 7) is 0.0805. The summed E-state index contributed by atoms with van der Waals surface area (Å²) in [4.78, 5) is 0. The predicted molar refractivity (Wildman–Crippen MR) is 70.1 cm³/mol. The van der Waals surface area contributed by atoms with Gasteiger partial charge in [0.05, 0.1) is 0 Å². The molecule has 3 heteroatoms. The zero-order chi connectivity index (χ0) is 12.3. The first-order valence-electron chi connectivity index (χ1n) is 6.27. The van der Waals surface area contributed by atoms with Crippen molar-refractivity contribution in [2.45, 2.75) is 44.2 Å². The lowest BCUT2D eigenvalue weighted by Gasteiger charge is -2.38. The molecule has 1 saturated carbocycles. The Morgan fingerprint density at radius 1 is 1.24 bits per heavy atom. The molecule has 1 fully saturated rings. The molecule has 0 radical (unpaired) electrons. The molecule has 94 valence electrons. The first kappa shape index (κ1) is 12.8. The third kappa shape index (κ3) is 2.34. The van der Waals surface area contributed by atoms with Gasteiger partial charge in [-0.25, -0.2) is 4.39 Å². The fraction of sp³-hybridized carbons (Fsp3) is 0.571. The van der Waals surface area contributed by atoms with Crippen molar-refractivity contribution in [3.8, 4) is 0 Å². The monoisotopic (exact) mass is 255 g/mol. The van der Waals surface area contributed by atoms with Gasteiger partial charge in [0.2, 0.25) is 0 Å². The van der Waals surface area contributed by atoms with Crippen molar-refractivity contribution < 1.29 is 4.39 Å². The topological polar surface area (TPSA) is 26.0 Å². The van der Waals surface area contributed by atoms with Crippen LogP contribution < -0.4 is 5.73 Å². The highest BCUT2D eigenvalue weighted by Crippen LogP contribution is 2.41. The summed E-state index contributed by atoms with van der Waals surface area (Å²) in [5, 5.41) is 0.531. The van der Waals surface area contributed by atoms with Crippen LogP contribution in [-0.2, 0) is 12.1 Å². The van der Waals surface area contributed by atoms with Crippen LogP contribution in [0.3, 0.4) is 0 Å². The quantitative estimate of drug-likeness (QED) is 0.869. The maximum Gasteiger partial charge on any atom is 0.116 e. The van der Waals surface area contributed by atoms with E-state index >= 15 is 0 Å². The van der Waals surface area contributed by atoms with Gasteiger partial charge in [-0.05, 0) is 24.5 Å². The third-order valence-corrected chi connectivity index (χ3v) is 4.38. The molecule has 0 aromatic heterocycles. The Balaban J connectivity index is 2.46. The molecule has 1 nitrogen and oxygen atoms in total. The maximum absolute atomic E-state index is 13.2. The fourth-order valence-electron chi connectivity index (χ4n) is 3.00. The minimum absolute atomic E-state index is 0.0510. The summed E-state index contributed by atoms with van der Waals surface area (Å²) in [5.41, 5.74) is 7.60. The Bertz CT molecular complexity index is 386. The Hall–Kier alpha value is -0.600. The highest BCUT2D eigenvalue weighted by Gasteiger charge is 2.34. The van der Waals surface area contributed by atoms with Gasteiger partial charge in [-0.2, -0.15) is 0 Å². The van der Waals surface area contributed by atoms with Crippen LogP contribution in [0.25, 0.3) is 0 Å². The molecule has 1 aliphatic carbocycles. The summed E-state index contributed by atoms with van der Waals surface area (Å²) in [6, 6.07) is 5.66. The molecule has 1 aliphatic rings. The number of hydrogen-bond donors (Lipinski definition) is 1. The normalized spacial score (nSPS) is 19.2. The summed E-state index contributed by atoms with van der Waals surface area (Å²) in [5.74, 6) is 0. The number of nitrogens with two attached hydrogens (primary N) is 1. The van der Waals surface area contributed by atoms with Gasteiger partial charge in [-0.3, -0.25) is 0 Å². The van der Waals surface area contributed by atoms with Gasteiger partial charge < -0.3 is 5.73 Å². The molecule has 0 atom stereocenters. The van der Waals surface area contributed by atoms with Gasteiger partial charge in [-0.1, -0.05) is 43.0 Å². The zero-order valence-corrected chi connectivity index (χ0v) is 10.8. The molecule has 0 aliphatic heterocycles. The Morgan fingerprint density at radius 2 is 1.94 bits per heavy atom. The van der Waals surface area contributed by atoms with E-state index in [1.54, 1.807) is 6.07 Å². The molecular weight excluding hydrogens is 237 g/mol. The van der Waals surface area contributed by atoms with E-state index < -0.39 is 6.67 Å². The highest BCUT2D eigenvalue weighted by atomic mass is 35.5. The van der Waals surface area contributed by atoms with Gasteiger partial charge in [0.15, 0.2) is 0 Å². The Labute approximate surface area is 107 Å². The smallest absolute Gasteiger partial charge is 0.116 e. The molecule has 0 unspecified atom stereocenters. The second-order valence-electron chi connectivity index (χ2n) is 4.94. The maximum atomic E-state index is 13.2. The summed E-state index contributed by atoms with van der Waals surface area (Å²) in [7, 11) is 0. The van der Waals surface area contributed by atoms with Crippen molar-refractivity contribution in [2.75, 3.05) is 6.54 Å². The number of rotatable bonds is 3. The molecule has 1 aromatic rings. The van der Waals surface area contributed by atoms with E-state index in [0.717, 1.165) is 18.4 Å². The molecule has 1 aromatic carbocycles. The highest BCUT2D eigenvalue weighted by molar-refractivity contribution is 6.31. The minimum atomic E-state index is -0.503. The number of hydrogen-bond acceptors (Lipinski definition) is 1. The van der Waals surface area contributed by atoms with Crippen molar-refractivity contribution in [3.63, 3.8) is 0 Å².